The van der Waals surface area contributed by atoms with Gasteiger partial charge in [0.2, 0.25) is 0 Å². The predicted molar refractivity (Wildman–Crippen MR) is 66.6 cm³/mol. The van der Waals surface area contributed by atoms with Crippen molar-refractivity contribution in [3.05, 3.63) is 34.7 Å². The van der Waals surface area contributed by atoms with Gasteiger partial charge in [0.15, 0.2) is 0 Å². The van der Waals surface area contributed by atoms with E-state index in [1.807, 2.05) is 0 Å². The fourth-order valence-corrected chi connectivity index (χ4v) is 2.45. The smallest absolute Gasteiger partial charge is 0.0345 e. The van der Waals surface area contributed by atoms with Crippen LogP contribution in [0.15, 0.2) is 23.6 Å². The highest BCUT2D eigenvalue weighted by atomic mass is 35.5. The van der Waals surface area contributed by atoms with E-state index in [1.165, 1.54) is 21.2 Å². The minimum absolute atomic E-state index is 0. The van der Waals surface area contributed by atoms with E-state index in [0.29, 0.717) is 0 Å². The van der Waals surface area contributed by atoms with Crippen molar-refractivity contribution in [2.45, 2.75) is 13.3 Å². The van der Waals surface area contributed by atoms with Crippen molar-refractivity contribution in [2.24, 2.45) is 5.73 Å². The number of nitrogens with two attached hydrogens (primary N) is 1. The van der Waals surface area contributed by atoms with Crippen molar-refractivity contribution in [3.8, 4) is 0 Å². The van der Waals surface area contributed by atoms with Crippen molar-refractivity contribution < 1.29 is 0 Å². The number of hydrogen-bond acceptors (Lipinski definition) is 2. The zero-order chi connectivity index (χ0) is 9.26. The van der Waals surface area contributed by atoms with E-state index in [4.69, 9.17) is 5.73 Å². The minimum Gasteiger partial charge on any atom is -0.330 e. The Bertz CT molecular complexity index is 422. The molecule has 76 valence electrons. The Labute approximate surface area is 94.3 Å². The fourth-order valence-electron chi connectivity index (χ4n) is 1.58. The van der Waals surface area contributed by atoms with Crippen LogP contribution in [0.5, 0.6) is 0 Å². The van der Waals surface area contributed by atoms with Crippen molar-refractivity contribution in [1.29, 1.82) is 0 Å². The molecule has 1 nitrogen and oxygen atoms in total. The van der Waals surface area contributed by atoms with Gasteiger partial charge in [0, 0.05) is 4.70 Å². The zero-order valence-electron chi connectivity index (χ0n) is 8.12. The van der Waals surface area contributed by atoms with E-state index >= 15 is 0 Å². The Kier molecular flexibility index (Phi) is 3.93. The molecule has 1 aromatic carbocycles. The van der Waals surface area contributed by atoms with Crippen molar-refractivity contribution in [1.82, 2.24) is 0 Å². The molecule has 0 unspecified atom stereocenters. The second-order valence-electron chi connectivity index (χ2n) is 3.28. The largest absolute Gasteiger partial charge is 0.330 e. The monoisotopic (exact) mass is 227 g/mol. The van der Waals surface area contributed by atoms with Crippen LogP contribution in [0.25, 0.3) is 10.1 Å². The molecular formula is C11H14ClNS. The van der Waals surface area contributed by atoms with Crippen LogP contribution in [0, 0.1) is 6.92 Å². The highest BCUT2D eigenvalue weighted by Gasteiger charge is 2.01. The van der Waals surface area contributed by atoms with E-state index in [2.05, 4.69) is 30.5 Å². The first kappa shape index (κ1) is 11.5. The molecule has 1 heterocycles. The molecule has 0 fully saturated rings. The first-order valence-electron chi connectivity index (χ1n) is 4.48. The number of benzene rings is 1. The normalized spacial score (nSPS) is 10.1. The van der Waals surface area contributed by atoms with Gasteiger partial charge < -0.3 is 5.73 Å². The summed E-state index contributed by atoms with van der Waals surface area (Å²) in [5.41, 5.74) is 8.30. The molecule has 0 saturated heterocycles. The standard InChI is InChI=1S/C11H13NS.ClH/c1-8-6-11-10(3-5-13-11)7-9(8)2-4-12;/h3,5-7H,2,4,12H2,1H3;1H. The van der Waals surface area contributed by atoms with E-state index in [0.717, 1.165) is 13.0 Å². The SMILES string of the molecule is Cc1cc2sccc2cc1CCN.Cl. The summed E-state index contributed by atoms with van der Waals surface area (Å²) in [7, 11) is 0. The van der Waals surface area contributed by atoms with Gasteiger partial charge in [0.25, 0.3) is 0 Å². The third-order valence-electron chi connectivity index (χ3n) is 2.32. The molecule has 2 aromatic rings. The third-order valence-corrected chi connectivity index (χ3v) is 3.20. The van der Waals surface area contributed by atoms with Gasteiger partial charge in [-0.15, -0.1) is 23.7 Å². The first-order chi connectivity index (χ1) is 6.31. The maximum Gasteiger partial charge on any atom is 0.0345 e. The van der Waals surface area contributed by atoms with Gasteiger partial charge in [-0.25, -0.2) is 0 Å². The summed E-state index contributed by atoms with van der Waals surface area (Å²) in [5, 5.41) is 3.48. The quantitative estimate of drug-likeness (QED) is 0.838. The lowest BCUT2D eigenvalue weighted by atomic mass is 10.0. The van der Waals surface area contributed by atoms with Crippen LogP contribution in [-0.2, 0) is 6.42 Å². The van der Waals surface area contributed by atoms with Gasteiger partial charge in [0.05, 0.1) is 0 Å². The highest BCUT2D eigenvalue weighted by Crippen LogP contribution is 2.24. The molecule has 1 aromatic heterocycles. The van der Waals surface area contributed by atoms with Gasteiger partial charge in [0.1, 0.15) is 0 Å². The molecule has 0 aliphatic heterocycles. The predicted octanol–water partition coefficient (Wildman–Crippen LogP) is 3.13. The number of fused-ring (bicyclic) bond motifs is 1. The maximum absolute atomic E-state index is 5.55. The van der Waals surface area contributed by atoms with Crippen LogP contribution in [0.1, 0.15) is 11.1 Å². The van der Waals surface area contributed by atoms with Gasteiger partial charge in [-0.1, -0.05) is 6.07 Å². The van der Waals surface area contributed by atoms with Gasteiger partial charge in [-0.2, -0.15) is 0 Å². The maximum atomic E-state index is 5.55. The summed E-state index contributed by atoms with van der Waals surface area (Å²) in [5.74, 6) is 0. The number of hydrogen-bond donors (Lipinski definition) is 1. The summed E-state index contributed by atoms with van der Waals surface area (Å²) in [6, 6.07) is 6.68. The highest BCUT2D eigenvalue weighted by molar-refractivity contribution is 7.17. The average molecular weight is 228 g/mol. The average Bonchev–Trinajstić information content (AvgIpc) is 2.52. The molecule has 0 bridgehead atoms. The Morgan fingerprint density at radius 2 is 2.14 bits per heavy atom. The van der Waals surface area contributed by atoms with Crippen molar-refractivity contribution in [2.75, 3.05) is 6.54 Å². The second kappa shape index (κ2) is 4.78. The number of rotatable bonds is 2. The molecule has 2 N–H and O–H groups in total. The number of halogens is 1. The first-order valence-corrected chi connectivity index (χ1v) is 5.36. The number of thiophene rings is 1. The molecule has 3 heteroatoms. The van der Waals surface area contributed by atoms with Gasteiger partial charge in [-0.05, 0) is 53.9 Å². The fraction of sp³-hybridized carbons (Fsp3) is 0.273. The van der Waals surface area contributed by atoms with Crippen molar-refractivity contribution in [3.63, 3.8) is 0 Å². The number of aryl methyl sites for hydroxylation is 1. The topological polar surface area (TPSA) is 26.0 Å². The molecule has 0 aliphatic rings. The minimum atomic E-state index is 0. The van der Waals surface area contributed by atoms with Crippen molar-refractivity contribution >= 4 is 33.8 Å². The summed E-state index contributed by atoms with van der Waals surface area (Å²) >= 11 is 1.80. The van der Waals surface area contributed by atoms with Crippen LogP contribution in [-0.4, -0.2) is 6.54 Å². The molecule has 14 heavy (non-hydrogen) atoms. The molecular weight excluding hydrogens is 214 g/mol. The van der Waals surface area contributed by atoms with E-state index in [-0.39, 0.29) is 12.4 Å². The Morgan fingerprint density at radius 1 is 1.36 bits per heavy atom. The Hall–Kier alpha value is -0.570. The summed E-state index contributed by atoms with van der Waals surface area (Å²) < 4.78 is 1.37. The van der Waals surface area contributed by atoms with E-state index < -0.39 is 0 Å². The molecule has 0 amide bonds. The molecule has 0 aliphatic carbocycles. The lowest BCUT2D eigenvalue weighted by Crippen LogP contribution is -2.03. The summed E-state index contributed by atoms with van der Waals surface area (Å²) in [6.07, 6.45) is 0.984. The third kappa shape index (κ3) is 2.08. The van der Waals surface area contributed by atoms with E-state index in [1.54, 1.807) is 11.3 Å². The van der Waals surface area contributed by atoms with Crippen LogP contribution >= 0.6 is 23.7 Å². The molecule has 0 atom stereocenters. The van der Waals surface area contributed by atoms with E-state index in [9.17, 15) is 0 Å². The summed E-state index contributed by atoms with van der Waals surface area (Å²) in [4.78, 5) is 0. The molecule has 0 spiro atoms. The molecule has 0 saturated carbocycles. The Morgan fingerprint density at radius 3 is 2.86 bits per heavy atom. The second-order valence-corrected chi connectivity index (χ2v) is 4.22. The van der Waals surface area contributed by atoms with Gasteiger partial charge in [-0.3, -0.25) is 0 Å². The van der Waals surface area contributed by atoms with Gasteiger partial charge >= 0.3 is 0 Å². The van der Waals surface area contributed by atoms with Crippen LogP contribution < -0.4 is 5.73 Å². The lowest BCUT2D eigenvalue weighted by Gasteiger charge is -2.03. The van der Waals surface area contributed by atoms with Crippen LogP contribution in [0.3, 0.4) is 0 Å². The Balaban J connectivity index is 0.000000980. The molecule has 2 rings (SSSR count). The lowest BCUT2D eigenvalue weighted by molar-refractivity contribution is 0.961. The zero-order valence-corrected chi connectivity index (χ0v) is 9.75. The van der Waals surface area contributed by atoms with Crippen LogP contribution in [0.4, 0.5) is 0 Å². The molecule has 0 radical (unpaired) electrons. The summed E-state index contributed by atoms with van der Waals surface area (Å²) in [6.45, 7) is 2.89. The van der Waals surface area contributed by atoms with Crippen LogP contribution in [0.2, 0.25) is 0 Å².